The number of hydrogen-bond donors (Lipinski definition) is 0. The summed E-state index contributed by atoms with van der Waals surface area (Å²) >= 11 is 0. The van der Waals surface area contributed by atoms with Crippen LogP contribution in [0.25, 0.3) is 0 Å². The lowest BCUT2D eigenvalue weighted by molar-refractivity contribution is 0.625. The maximum Gasteiger partial charge on any atom is 0.194 e. The molecular weight excluding hydrogens is 156 g/mol. The van der Waals surface area contributed by atoms with Crippen LogP contribution >= 0.6 is 0 Å². The average Bonchev–Trinajstić information content (AvgIpc) is 2.63. The van der Waals surface area contributed by atoms with Crippen molar-refractivity contribution in [3.63, 3.8) is 0 Å². The smallest absolute Gasteiger partial charge is 0.194 e. The molecule has 2 rings (SSSR count). The molecule has 2 aromatic heterocycles. The van der Waals surface area contributed by atoms with Crippen molar-refractivity contribution in [2.75, 3.05) is 0 Å². The number of tetrazole rings is 1. The van der Waals surface area contributed by atoms with E-state index in [9.17, 15) is 0 Å². The summed E-state index contributed by atoms with van der Waals surface area (Å²) in [5.74, 6) is 0.690. The first-order valence-electron chi connectivity index (χ1n) is 3.53. The van der Waals surface area contributed by atoms with Crippen LogP contribution < -0.4 is 0 Å². The minimum absolute atomic E-state index is 0.619. The van der Waals surface area contributed by atoms with Gasteiger partial charge in [0.15, 0.2) is 5.82 Å². The summed E-state index contributed by atoms with van der Waals surface area (Å²) in [5.41, 5.74) is 0. The number of hydrogen-bond acceptors (Lipinski definition) is 4. The van der Waals surface area contributed by atoms with E-state index in [1.807, 2.05) is 10.8 Å². The molecule has 0 saturated heterocycles. The lowest BCUT2D eigenvalue weighted by Crippen LogP contribution is -1.99. The highest BCUT2D eigenvalue weighted by Gasteiger charge is 1.99. The summed E-state index contributed by atoms with van der Waals surface area (Å²) in [6.45, 7) is 0.619. The topological polar surface area (TPSA) is 61.4 Å². The Labute approximate surface area is 68.8 Å². The first-order chi connectivity index (χ1) is 5.84. The summed E-state index contributed by atoms with van der Waals surface area (Å²) in [6.07, 6.45) is 5.29. The van der Waals surface area contributed by atoms with Crippen molar-refractivity contribution in [2.24, 2.45) is 7.05 Å². The largest absolute Gasteiger partial charge is 0.330 e. The Balaban J connectivity index is 2.14. The normalized spacial score (nSPS) is 10.4. The van der Waals surface area contributed by atoms with Crippen LogP contribution in [0, 0.1) is 0 Å². The van der Waals surface area contributed by atoms with E-state index in [1.165, 1.54) is 4.80 Å². The van der Waals surface area contributed by atoms with Gasteiger partial charge < -0.3 is 4.57 Å². The predicted molar refractivity (Wildman–Crippen MR) is 40.1 cm³/mol. The zero-order valence-electron chi connectivity index (χ0n) is 6.62. The summed E-state index contributed by atoms with van der Waals surface area (Å²) in [6, 6.07) is 0. The van der Waals surface area contributed by atoms with Crippen LogP contribution in [0.3, 0.4) is 0 Å². The summed E-state index contributed by atoms with van der Waals surface area (Å²) < 4.78 is 1.89. The minimum atomic E-state index is 0.619. The Bertz CT molecular complexity index is 348. The SMILES string of the molecule is Cn1nnc(Cn2ccnc2)n1. The van der Waals surface area contributed by atoms with Gasteiger partial charge in [-0.05, 0) is 5.21 Å². The molecule has 62 valence electrons. The van der Waals surface area contributed by atoms with Crippen molar-refractivity contribution in [3.05, 3.63) is 24.5 Å². The third kappa shape index (κ3) is 1.31. The molecule has 0 N–H and O–H groups in total. The number of aromatic nitrogens is 6. The van der Waals surface area contributed by atoms with Crippen LogP contribution in [0.1, 0.15) is 5.82 Å². The molecule has 0 aliphatic carbocycles. The average molecular weight is 164 g/mol. The van der Waals surface area contributed by atoms with E-state index in [4.69, 9.17) is 0 Å². The standard InChI is InChI=1S/C6H8N6/c1-11-9-6(8-10-11)4-12-3-2-7-5-12/h2-3,5H,4H2,1H3. The van der Waals surface area contributed by atoms with Crippen molar-refractivity contribution in [1.82, 2.24) is 29.8 Å². The van der Waals surface area contributed by atoms with Gasteiger partial charge in [0.1, 0.15) is 0 Å². The second kappa shape index (κ2) is 2.72. The fourth-order valence-corrected chi connectivity index (χ4v) is 0.930. The first-order valence-corrected chi connectivity index (χ1v) is 3.53. The summed E-state index contributed by atoms with van der Waals surface area (Å²) in [4.78, 5) is 5.34. The molecule has 0 fully saturated rings. The van der Waals surface area contributed by atoms with Crippen LogP contribution in [0.5, 0.6) is 0 Å². The molecule has 0 aliphatic heterocycles. The molecule has 2 heterocycles. The van der Waals surface area contributed by atoms with Gasteiger partial charge in [-0.3, -0.25) is 0 Å². The molecular formula is C6H8N6. The van der Waals surface area contributed by atoms with Crippen LogP contribution in [0.4, 0.5) is 0 Å². The molecule has 0 saturated carbocycles. The van der Waals surface area contributed by atoms with Crippen molar-refractivity contribution in [2.45, 2.75) is 6.54 Å². The van der Waals surface area contributed by atoms with Gasteiger partial charge in [-0.1, -0.05) is 0 Å². The van der Waals surface area contributed by atoms with E-state index in [2.05, 4.69) is 20.4 Å². The van der Waals surface area contributed by atoms with E-state index in [-0.39, 0.29) is 0 Å². The van der Waals surface area contributed by atoms with Gasteiger partial charge in [-0.15, -0.1) is 10.2 Å². The lowest BCUT2D eigenvalue weighted by Gasteiger charge is -1.93. The summed E-state index contributed by atoms with van der Waals surface area (Å²) in [7, 11) is 1.74. The highest BCUT2D eigenvalue weighted by molar-refractivity contribution is 4.83. The molecule has 0 bridgehead atoms. The van der Waals surface area contributed by atoms with E-state index >= 15 is 0 Å². The predicted octanol–water partition coefficient (Wildman–Crippen LogP) is -0.545. The maximum atomic E-state index is 4.03. The molecule has 0 unspecified atom stereocenters. The zero-order chi connectivity index (χ0) is 8.39. The van der Waals surface area contributed by atoms with Gasteiger partial charge in [0.25, 0.3) is 0 Å². The Hall–Kier alpha value is -1.72. The molecule has 0 aromatic carbocycles. The van der Waals surface area contributed by atoms with Gasteiger partial charge in [0, 0.05) is 12.4 Å². The Kier molecular flexibility index (Phi) is 1.58. The van der Waals surface area contributed by atoms with Crippen LogP contribution in [-0.2, 0) is 13.6 Å². The highest BCUT2D eigenvalue weighted by atomic mass is 15.6. The van der Waals surface area contributed by atoms with Gasteiger partial charge in [-0.25, -0.2) is 4.98 Å². The van der Waals surface area contributed by atoms with Crippen molar-refractivity contribution < 1.29 is 0 Å². The first kappa shape index (κ1) is 6.96. The number of nitrogens with zero attached hydrogens (tertiary/aromatic N) is 6. The van der Waals surface area contributed by atoms with Gasteiger partial charge in [0.2, 0.25) is 0 Å². The quantitative estimate of drug-likeness (QED) is 0.597. The van der Waals surface area contributed by atoms with Crippen LogP contribution in [0.2, 0.25) is 0 Å². The Morgan fingerprint density at radius 2 is 2.42 bits per heavy atom. The van der Waals surface area contributed by atoms with E-state index in [1.54, 1.807) is 19.6 Å². The fourth-order valence-electron chi connectivity index (χ4n) is 0.930. The Morgan fingerprint density at radius 1 is 1.50 bits per heavy atom. The third-order valence-corrected chi connectivity index (χ3v) is 1.43. The monoisotopic (exact) mass is 164 g/mol. The van der Waals surface area contributed by atoms with Crippen molar-refractivity contribution in [1.29, 1.82) is 0 Å². The highest BCUT2D eigenvalue weighted by Crippen LogP contribution is 1.91. The van der Waals surface area contributed by atoms with Gasteiger partial charge in [0.05, 0.1) is 19.9 Å². The molecule has 0 amide bonds. The Morgan fingerprint density at radius 3 is 3.00 bits per heavy atom. The molecule has 0 atom stereocenters. The lowest BCUT2D eigenvalue weighted by atomic mass is 10.6. The molecule has 0 aliphatic rings. The van der Waals surface area contributed by atoms with Gasteiger partial charge in [-0.2, -0.15) is 4.80 Å². The van der Waals surface area contributed by atoms with Crippen molar-refractivity contribution >= 4 is 0 Å². The fraction of sp³-hybridized carbons (Fsp3) is 0.333. The van der Waals surface area contributed by atoms with E-state index in [0.29, 0.717) is 12.4 Å². The summed E-state index contributed by atoms with van der Waals surface area (Å²) in [5, 5.41) is 11.6. The molecule has 2 aromatic rings. The number of rotatable bonds is 2. The van der Waals surface area contributed by atoms with Gasteiger partial charge >= 0.3 is 0 Å². The molecule has 0 spiro atoms. The third-order valence-electron chi connectivity index (χ3n) is 1.43. The van der Waals surface area contributed by atoms with Crippen LogP contribution in [-0.4, -0.2) is 29.8 Å². The maximum absolute atomic E-state index is 4.03. The molecule has 0 radical (unpaired) electrons. The zero-order valence-corrected chi connectivity index (χ0v) is 6.62. The van der Waals surface area contributed by atoms with Crippen LogP contribution in [0.15, 0.2) is 18.7 Å². The number of imidazole rings is 1. The molecule has 12 heavy (non-hydrogen) atoms. The molecule has 6 heteroatoms. The van der Waals surface area contributed by atoms with E-state index < -0.39 is 0 Å². The van der Waals surface area contributed by atoms with Crippen molar-refractivity contribution in [3.8, 4) is 0 Å². The van der Waals surface area contributed by atoms with E-state index in [0.717, 1.165) is 0 Å². The second-order valence-corrected chi connectivity index (χ2v) is 2.43. The second-order valence-electron chi connectivity index (χ2n) is 2.43. The minimum Gasteiger partial charge on any atom is -0.330 e. The number of aryl methyl sites for hydroxylation is 1. The molecule has 6 nitrogen and oxygen atoms in total.